The van der Waals surface area contributed by atoms with Crippen LogP contribution in [0.4, 0.5) is 0 Å². The van der Waals surface area contributed by atoms with Gasteiger partial charge in [-0.25, -0.2) is 0 Å². The monoisotopic (exact) mass is 371 g/mol. The molecule has 2 aromatic carbocycles. The summed E-state index contributed by atoms with van der Waals surface area (Å²) in [4.78, 5) is 2.25. The lowest BCUT2D eigenvalue weighted by atomic mass is 10.1. The number of nitrogens with zero attached hydrogens (tertiary/aromatic N) is 1. The molecule has 0 aliphatic carbocycles. The summed E-state index contributed by atoms with van der Waals surface area (Å²) in [6.07, 6.45) is 9.77. The van der Waals surface area contributed by atoms with Crippen molar-refractivity contribution in [3.8, 4) is 11.5 Å². The molecular weight excluding hydrogens is 334 g/mol. The molecule has 0 saturated carbocycles. The molecule has 2 aromatic rings. The molecule has 0 aliphatic rings. The molecule has 150 valence electrons. The van der Waals surface area contributed by atoms with E-state index >= 15 is 0 Å². The van der Waals surface area contributed by atoms with Gasteiger partial charge in [0.15, 0.2) is 0 Å². The summed E-state index contributed by atoms with van der Waals surface area (Å²) in [5.41, 5.74) is 0. The van der Waals surface area contributed by atoms with Crippen LogP contribution in [-0.2, 0) is 0 Å². The van der Waals surface area contributed by atoms with Gasteiger partial charge in [-0.3, -0.25) is 0 Å². The van der Waals surface area contributed by atoms with Crippen LogP contribution in [0.5, 0.6) is 11.5 Å². The van der Waals surface area contributed by atoms with Gasteiger partial charge >= 0.3 is 0 Å². The Bertz CT molecular complexity index is 654. The fourth-order valence-corrected chi connectivity index (χ4v) is 3.28. The van der Waals surface area contributed by atoms with Gasteiger partial charge in [0.25, 0.3) is 0 Å². The van der Waals surface area contributed by atoms with E-state index in [-0.39, 0.29) is 0 Å². The Kier molecular flexibility index (Phi) is 10.1. The molecule has 0 saturated heterocycles. The van der Waals surface area contributed by atoms with Gasteiger partial charge in [0.05, 0.1) is 13.2 Å². The highest BCUT2D eigenvalue weighted by Gasteiger charge is 2.07. The summed E-state index contributed by atoms with van der Waals surface area (Å²) in [5, 5.41) is 2.30. The van der Waals surface area contributed by atoms with Gasteiger partial charge in [-0.2, -0.15) is 0 Å². The average Bonchev–Trinajstić information content (AvgIpc) is 2.67. The molecule has 0 aromatic heterocycles. The summed E-state index contributed by atoms with van der Waals surface area (Å²) < 4.78 is 12.1. The summed E-state index contributed by atoms with van der Waals surface area (Å²) in [6.45, 7) is 4.97. The zero-order valence-electron chi connectivity index (χ0n) is 17.5. The fourth-order valence-electron chi connectivity index (χ4n) is 3.28. The van der Waals surface area contributed by atoms with Crippen LogP contribution in [-0.4, -0.2) is 38.8 Å². The SMILES string of the molecule is CCCCCCOc1cccc2c(OCCCCCCN(C)C)cccc12. The maximum absolute atomic E-state index is 6.09. The normalized spacial score (nSPS) is 11.3. The number of hydrogen-bond acceptors (Lipinski definition) is 3. The van der Waals surface area contributed by atoms with Gasteiger partial charge in [0, 0.05) is 10.8 Å². The Labute approximate surface area is 165 Å². The van der Waals surface area contributed by atoms with Crippen LogP contribution in [0.2, 0.25) is 0 Å². The van der Waals surface area contributed by atoms with Crippen LogP contribution in [0.3, 0.4) is 0 Å². The van der Waals surface area contributed by atoms with Gasteiger partial charge in [-0.15, -0.1) is 0 Å². The van der Waals surface area contributed by atoms with E-state index in [4.69, 9.17) is 9.47 Å². The van der Waals surface area contributed by atoms with Crippen LogP contribution in [0.1, 0.15) is 58.3 Å². The van der Waals surface area contributed by atoms with E-state index in [1.807, 2.05) is 0 Å². The first-order valence-corrected chi connectivity index (χ1v) is 10.6. The predicted molar refractivity (Wildman–Crippen MR) is 116 cm³/mol. The second-order valence-corrected chi connectivity index (χ2v) is 7.58. The van der Waals surface area contributed by atoms with Gasteiger partial charge in [-0.1, -0.05) is 63.3 Å². The first-order valence-electron chi connectivity index (χ1n) is 10.6. The van der Waals surface area contributed by atoms with Crippen molar-refractivity contribution in [1.82, 2.24) is 4.90 Å². The number of rotatable bonds is 14. The average molecular weight is 372 g/mol. The molecule has 0 fully saturated rings. The van der Waals surface area contributed by atoms with Crippen molar-refractivity contribution in [2.45, 2.75) is 58.3 Å². The van der Waals surface area contributed by atoms with Gasteiger partial charge < -0.3 is 14.4 Å². The zero-order chi connectivity index (χ0) is 19.3. The Balaban J connectivity index is 1.84. The molecule has 3 nitrogen and oxygen atoms in total. The molecule has 0 aliphatic heterocycles. The topological polar surface area (TPSA) is 21.7 Å². The summed E-state index contributed by atoms with van der Waals surface area (Å²) in [6, 6.07) is 12.5. The van der Waals surface area contributed by atoms with Crippen LogP contribution >= 0.6 is 0 Å². The maximum atomic E-state index is 6.09. The number of hydrogen-bond donors (Lipinski definition) is 0. The fraction of sp³-hybridized carbons (Fsp3) is 0.583. The van der Waals surface area contributed by atoms with Gasteiger partial charge in [0.1, 0.15) is 11.5 Å². The molecule has 0 amide bonds. The van der Waals surface area contributed by atoms with Crippen LogP contribution in [0.15, 0.2) is 36.4 Å². The Morgan fingerprint density at radius 1 is 0.667 bits per heavy atom. The highest BCUT2D eigenvalue weighted by atomic mass is 16.5. The number of fused-ring (bicyclic) bond motifs is 1. The third-order valence-corrected chi connectivity index (χ3v) is 4.85. The first-order chi connectivity index (χ1) is 13.2. The first kappa shape index (κ1) is 21.6. The molecule has 0 unspecified atom stereocenters. The second-order valence-electron chi connectivity index (χ2n) is 7.58. The number of unbranched alkanes of at least 4 members (excludes halogenated alkanes) is 6. The number of ether oxygens (including phenoxy) is 2. The Morgan fingerprint density at radius 2 is 1.19 bits per heavy atom. The van der Waals surface area contributed by atoms with Crippen molar-refractivity contribution in [2.75, 3.05) is 33.9 Å². The second kappa shape index (κ2) is 12.6. The lowest BCUT2D eigenvalue weighted by Crippen LogP contribution is -2.12. The van der Waals surface area contributed by atoms with E-state index in [0.29, 0.717) is 0 Å². The lowest BCUT2D eigenvalue weighted by Gasteiger charge is -2.13. The van der Waals surface area contributed by atoms with Crippen molar-refractivity contribution in [2.24, 2.45) is 0 Å². The molecule has 0 radical (unpaired) electrons. The standard InChI is InChI=1S/C24H37NO2/c1-4-5-6-10-19-26-23-16-12-15-22-21(23)14-13-17-24(22)27-20-11-8-7-9-18-25(2)3/h12-17H,4-11,18-20H2,1-3H3. The molecule has 0 spiro atoms. The largest absolute Gasteiger partial charge is 0.493 e. The summed E-state index contributed by atoms with van der Waals surface area (Å²) >= 11 is 0. The van der Waals surface area contributed by atoms with Gasteiger partial charge in [0.2, 0.25) is 0 Å². The molecule has 3 heteroatoms. The smallest absolute Gasteiger partial charge is 0.127 e. The minimum absolute atomic E-state index is 0.781. The summed E-state index contributed by atoms with van der Waals surface area (Å²) in [5.74, 6) is 1.94. The Morgan fingerprint density at radius 3 is 1.70 bits per heavy atom. The summed E-state index contributed by atoms with van der Waals surface area (Å²) in [7, 11) is 4.26. The third-order valence-electron chi connectivity index (χ3n) is 4.85. The van der Waals surface area contributed by atoms with E-state index in [2.05, 4.69) is 62.3 Å². The minimum Gasteiger partial charge on any atom is -0.493 e. The lowest BCUT2D eigenvalue weighted by molar-refractivity contribution is 0.303. The van der Waals surface area contributed by atoms with Crippen LogP contribution in [0.25, 0.3) is 10.8 Å². The predicted octanol–water partition coefficient (Wildman–Crippen LogP) is 6.30. The molecule has 27 heavy (non-hydrogen) atoms. The van der Waals surface area contributed by atoms with Crippen molar-refractivity contribution < 1.29 is 9.47 Å². The van der Waals surface area contributed by atoms with E-state index in [1.165, 1.54) is 45.1 Å². The molecule has 0 atom stereocenters. The van der Waals surface area contributed by atoms with E-state index in [0.717, 1.165) is 48.3 Å². The van der Waals surface area contributed by atoms with Crippen molar-refractivity contribution in [3.05, 3.63) is 36.4 Å². The molecule has 0 bridgehead atoms. The molecule has 0 heterocycles. The van der Waals surface area contributed by atoms with Crippen LogP contribution < -0.4 is 9.47 Å². The quantitative estimate of drug-likeness (QED) is 0.364. The van der Waals surface area contributed by atoms with Crippen molar-refractivity contribution >= 4 is 10.8 Å². The van der Waals surface area contributed by atoms with E-state index in [9.17, 15) is 0 Å². The van der Waals surface area contributed by atoms with E-state index < -0.39 is 0 Å². The number of benzene rings is 2. The van der Waals surface area contributed by atoms with Crippen molar-refractivity contribution in [3.63, 3.8) is 0 Å². The molecular formula is C24H37NO2. The third kappa shape index (κ3) is 7.80. The van der Waals surface area contributed by atoms with Crippen molar-refractivity contribution in [1.29, 1.82) is 0 Å². The minimum atomic E-state index is 0.781. The maximum Gasteiger partial charge on any atom is 0.127 e. The zero-order valence-corrected chi connectivity index (χ0v) is 17.5. The van der Waals surface area contributed by atoms with Crippen LogP contribution in [0, 0.1) is 0 Å². The van der Waals surface area contributed by atoms with E-state index in [1.54, 1.807) is 0 Å². The van der Waals surface area contributed by atoms with Gasteiger partial charge in [-0.05, 0) is 52.0 Å². The molecule has 2 rings (SSSR count). The highest BCUT2D eigenvalue weighted by Crippen LogP contribution is 2.32. The highest BCUT2D eigenvalue weighted by molar-refractivity contribution is 5.93. The Hall–Kier alpha value is -1.74. The molecule has 0 N–H and O–H groups in total.